The lowest BCUT2D eigenvalue weighted by atomic mass is 10.0. The molecule has 0 bridgehead atoms. The highest BCUT2D eigenvalue weighted by Crippen LogP contribution is 2.34. The van der Waals surface area contributed by atoms with E-state index >= 15 is 0 Å². The molecule has 2 aliphatic rings. The average Bonchev–Trinajstić information content (AvgIpc) is 3.43. The number of anilines is 1. The van der Waals surface area contributed by atoms with Gasteiger partial charge in [-0.1, -0.05) is 24.8 Å². The van der Waals surface area contributed by atoms with E-state index in [0.29, 0.717) is 56.5 Å². The van der Waals surface area contributed by atoms with Gasteiger partial charge in [0.2, 0.25) is 5.91 Å². The lowest BCUT2D eigenvalue weighted by molar-refractivity contribution is -0.120. The molecule has 4 rings (SSSR count). The van der Waals surface area contributed by atoms with E-state index in [1.807, 2.05) is 0 Å². The van der Waals surface area contributed by atoms with Gasteiger partial charge >= 0.3 is 0 Å². The molecule has 12 heteroatoms. The van der Waals surface area contributed by atoms with Gasteiger partial charge in [0.1, 0.15) is 17.5 Å². The Balaban J connectivity index is 1.50. The van der Waals surface area contributed by atoms with Crippen LogP contribution in [0.5, 0.6) is 0 Å². The van der Waals surface area contributed by atoms with E-state index in [1.54, 1.807) is 13.8 Å². The molecule has 1 aromatic carbocycles. The molecule has 1 atom stereocenters. The number of halogens is 3. The summed E-state index contributed by atoms with van der Waals surface area (Å²) in [6.45, 7) is 11.4. The molecular formula is C27H34F3N5O4. The smallest absolute Gasteiger partial charge is 0.266 e. The molecule has 2 aromatic rings. The number of amides is 1. The number of aromatic nitrogens is 2. The van der Waals surface area contributed by atoms with Crippen molar-refractivity contribution < 1.29 is 32.2 Å². The van der Waals surface area contributed by atoms with Crippen LogP contribution in [0.15, 0.2) is 30.5 Å². The molecule has 2 N–H and O–H groups in total. The Morgan fingerprint density at radius 1 is 1.15 bits per heavy atom. The molecule has 0 radical (unpaired) electrons. The number of carbonyl (C=O) groups is 1. The Bertz CT molecular complexity index is 1170. The van der Waals surface area contributed by atoms with Crippen molar-refractivity contribution in [3.05, 3.63) is 64.5 Å². The van der Waals surface area contributed by atoms with E-state index < -0.39 is 30.1 Å². The van der Waals surface area contributed by atoms with Crippen LogP contribution in [-0.2, 0) is 25.4 Å². The first-order chi connectivity index (χ1) is 18.7. The predicted molar refractivity (Wildman–Crippen MR) is 138 cm³/mol. The number of aryl methyl sites for hydroxylation is 1. The Morgan fingerprint density at radius 2 is 1.85 bits per heavy atom. The zero-order valence-electron chi connectivity index (χ0n) is 22.1. The Kier molecular flexibility index (Phi) is 9.76. The van der Waals surface area contributed by atoms with Crippen molar-refractivity contribution in [3.63, 3.8) is 0 Å². The third-order valence-electron chi connectivity index (χ3n) is 6.63. The highest BCUT2D eigenvalue weighted by Gasteiger charge is 2.29. The SMILES string of the molecule is C=C(CCNC(=O)Cc1nc(C)nc(N[C@H](C)c2cccc(C(F)F)c2F)c1C1OCCO1)N1CCOCC1. The summed E-state index contributed by atoms with van der Waals surface area (Å²) in [6.07, 6.45) is -3.24. The second kappa shape index (κ2) is 13.2. The van der Waals surface area contributed by atoms with Crippen LogP contribution in [0.1, 0.15) is 60.3 Å². The van der Waals surface area contributed by atoms with Crippen molar-refractivity contribution in [1.29, 1.82) is 0 Å². The highest BCUT2D eigenvalue weighted by atomic mass is 19.3. The third kappa shape index (κ3) is 7.25. The predicted octanol–water partition coefficient (Wildman–Crippen LogP) is 3.97. The Labute approximate surface area is 225 Å². The largest absolute Gasteiger partial charge is 0.378 e. The van der Waals surface area contributed by atoms with E-state index in [4.69, 9.17) is 14.2 Å². The maximum absolute atomic E-state index is 14.8. The summed E-state index contributed by atoms with van der Waals surface area (Å²) < 4.78 is 58.1. The van der Waals surface area contributed by atoms with Crippen molar-refractivity contribution in [2.24, 2.45) is 0 Å². The van der Waals surface area contributed by atoms with Gasteiger partial charge in [0, 0.05) is 37.3 Å². The van der Waals surface area contributed by atoms with Gasteiger partial charge < -0.3 is 29.7 Å². The summed E-state index contributed by atoms with van der Waals surface area (Å²) in [7, 11) is 0. The summed E-state index contributed by atoms with van der Waals surface area (Å²) in [5.41, 5.74) is 1.15. The van der Waals surface area contributed by atoms with Crippen molar-refractivity contribution in [2.45, 2.75) is 45.4 Å². The summed E-state index contributed by atoms with van der Waals surface area (Å²) >= 11 is 0. The fraction of sp³-hybridized carbons (Fsp3) is 0.519. The first-order valence-corrected chi connectivity index (χ1v) is 12.9. The van der Waals surface area contributed by atoms with E-state index in [0.717, 1.165) is 24.9 Å². The molecule has 2 aliphatic heterocycles. The number of hydrogen-bond donors (Lipinski definition) is 2. The minimum Gasteiger partial charge on any atom is -0.378 e. The number of morpholine rings is 1. The fourth-order valence-corrected chi connectivity index (χ4v) is 4.61. The molecule has 3 heterocycles. The first-order valence-electron chi connectivity index (χ1n) is 12.9. The monoisotopic (exact) mass is 549 g/mol. The maximum atomic E-state index is 14.8. The van der Waals surface area contributed by atoms with Crippen LogP contribution < -0.4 is 10.6 Å². The number of hydrogen-bond acceptors (Lipinski definition) is 8. The van der Waals surface area contributed by atoms with Crippen LogP contribution in [0, 0.1) is 12.7 Å². The van der Waals surface area contributed by atoms with Gasteiger partial charge in [-0.25, -0.2) is 23.1 Å². The molecule has 0 spiro atoms. The minimum atomic E-state index is -2.94. The maximum Gasteiger partial charge on any atom is 0.266 e. The summed E-state index contributed by atoms with van der Waals surface area (Å²) in [5, 5.41) is 6.01. The van der Waals surface area contributed by atoms with Gasteiger partial charge in [0.05, 0.1) is 55.7 Å². The van der Waals surface area contributed by atoms with Crippen molar-refractivity contribution in [1.82, 2.24) is 20.2 Å². The topological polar surface area (TPSA) is 97.8 Å². The number of nitrogens with one attached hydrogen (secondary N) is 2. The zero-order valence-corrected chi connectivity index (χ0v) is 22.1. The Hall–Kier alpha value is -3.22. The van der Waals surface area contributed by atoms with Crippen LogP contribution in [-0.4, -0.2) is 66.8 Å². The van der Waals surface area contributed by atoms with Gasteiger partial charge in [-0.3, -0.25) is 4.79 Å². The number of benzene rings is 1. The van der Waals surface area contributed by atoms with E-state index in [2.05, 4.69) is 32.1 Å². The summed E-state index contributed by atoms with van der Waals surface area (Å²) in [6, 6.07) is 3.15. The Morgan fingerprint density at radius 3 is 2.54 bits per heavy atom. The lowest BCUT2D eigenvalue weighted by Gasteiger charge is -2.30. The van der Waals surface area contributed by atoms with Crippen molar-refractivity contribution >= 4 is 11.7 Å². The normalized spacial score (nSPS) is 16.9. The average molecular weight is 550 g/mol. The molecule has 1 amide bonds. The second-order valence-corrected chi connectivity index (χ2v) is 9.41. The number of ether oxygens (including phenoxy) is 3. The van der Waals surface area contributed by atoms with Crippen LogP contribution >= 0.6 is 0 Å². The van der Waals surface area contributed by atoms with Crippen molar-refractivity contribution in [3.8, 4) is 0 Å². The second-order valence-electron chi connectivity index (χ2n) is 9.41. The molecule has 2 saturated heterocycles. The number of nitrogens with zero attached hydrogens (tertiary/aromatic N) is 3. The molecule has 2 fully saturated rings. The van der Waals surface area contributed by atoms with Crippen LogP contribution in [0.2, 0.25) is 0 Å². The van der Waals surface area contributed by atoms with E-state index in [9.17, 15) is 18.0 Å². The molecular weight excluding hydrogens is 515 g/mol. The van der Waals surface area contributed by atoms with E-state index in [-0.39, 0.29) is 23.7 Å². The zero-order chi connectivity index (χ0) is 27.9. The lowest BCUT2D eigenvalue weighted by Crippen LogP contribution is -2.36. The van der Waals surface area contributed by atoms with Gasteiger partial charge in [0.25, 0.3) is 6.43 Å². The molecule has 9 nitrogen and oxygen atoms in total. The standard InChI is InChI=1S/C27H34F3N5O4/c1-16(35-9-11-37-12-10-35)7-8-31-22(36)15-21-23(27-38-13-14-39-27)26(34-18(3)33-21)32-17(2)19-5-4-6-20(24(19)28)25(29)30/h4-6,17,25,27H,1,7-15H2,2-3H3,(H,31,36)(H,32,33,34)/t17-/m1/s1. The van der Waals surface area contributed by atoms with Crippen LogP contribution in [0.4, 0.5) is 19.0 Å². The number of rotatable bonds is 11. The summed E-state index contributed by atoms with van der Waals surface area (Å²) in [5.74, 6) is -0.577. The van der Waals surface area contributed by atoms with E-state index in [1.165, 1.54) is 12.1 Å². The highest BCUT2D eigenvalue weighted by molar-refractivity contribution is 5.79. The van der Waals surface area contributed by atoms with Gasteiger partial charge in [-0.15, -0.1) is 0 Å². The first kappa shape index (κ1) is 28.8. The van der Waals surface area contributed by atoms with Gasteiger partial charge in [-0.2, -0.15) is 0 Å². The fourth-order valence-electron chi connectivity index (χ4n) is 4.61. The molecule has 0 unspecified atom stereocenters. The third-order valence-corrected chi connectivity index (χ3v) is 6.63. The molecule has 1 aromatic heterocycles. The van der Waals surface area contributed by atoms with Gasteiger partial charge in [-0.05, 0) is 13.8 Å². The number of alkyl halides is 2. The van der Waals surface area contributed by atoms with Crippen LogP contribution in [0.3, 0.4) is 0 Å². The molecule has 0 saturated carbocycles. The quantitative estimate of drug-likeness (QED) is 0.435. The minimum absolute atomic E-state index is 0.0584. The summed E-state index contributed by atoms with van der Waals surface area (Å²) in [4.78, 5) is 24.0. The molecule has 39 heavy (non-hydrogen) atoms. The number of carbonyl (C=O) groups excluding carboxylic acids is 1. The van der Waals surface area contributed by atoms with Crippen molar-refractivity contribution in [2.75, 3.05) is 51.4 Å². The van der Waals surface area contributed by atoms with Gasteiger partial charge in [0.15, 0.2) is 6.29 Å². The molecule has 0 aliphatic carbocycles. The molecule has 212 valence electrons. The van der Waals surface area contributed by atoms with Crippen LogP contribution in [0.25, 0.3) is 0 Å².